The van der Waals surface area contributed by atoms with Crippen LogP contribution in [0.1, 0.15) is 72.1 Å². The van der Waals surface area contributed by atoms with Gasteiger partial charge in [-0.05, 0) is 25.8 Å². The van der Waals surface area contributed by atoms with E-state index in [4.69, 9.17) is 28.4 Å². The third kappa shape index (κ3) is 13.9. The highest BCUT2D eigenvalue weighted by molar-refractivity contribution is 5.90. The molecule has 3 heterocycles. The number of aliphatic hydroxyl groups excluding tert-OH is 9. The number of rotatable bonds is 21. The molecule has 0 aromatic heterocycles. The first-order valence-corrected chi connectivity index (χ1v) is 19.9. The van der Waals surface area contributed by atoms with E-state index in [-0.39, 0.29) is 12.8 Å². The molecule has 16 atom stereocenters. The van der Waals surface area contributed by atoms with Gasteiger partial charge in [-0.3, -0.25) is 19.2 Å². The lowest BCUT2D eigenvalue weighted by Gasteiger charge is -2.41. The lowest BCUT2D eigenvalue weighted by atomic mass is 9.94. The largest absolute Gasteiger partial charge is 0.463 e. The highest BCUT2D eigenvalue weighted by atomic mass is 16.7. The van der Waals surface area contributed by atoms with E-state index in [0.29, 0.717) is 25.8 Å². The van der Waals surface area contributed by atoms with Crippen LogP contribution >= 0.6 is 0 Å². The normalized spacial score (nSPS) is 35.4. The van der Waals surface area contributed by atoms with Gasteiger partial charge in [0.25, 0.3) is 0 Å². The van der Waals surface area contributed by atoms with Crippen LogP contribution in [0.3, 0.4) is 0 Å². The van der Waals surface area contributed by atoms with Crippen LogP contribution < -0.4 is 16.0 Å². The fraction of sp³-hybridized carbons (Fsp3) is 0.861. The average Bonchev–Trinajstić information content (AvgIpc) is 3.19. The van der Waals surface area contributed by atoms with Crippen molar-refractivity contribution in [1.82, 2.24) is 16.0 Å². The van der Waals surface area contributed by atoms with Gasteiger partial charge in [0.05, 0.1) is 18.9 Å². The van der Waals surface area contributed by atoms with Gasteiger partial charge >= 0.3 is 17.9 Å². The first-order valence-electron chi connectivity index (χ1n) is 19.9. The van der Waals surface area contributed by atoms with Crippen LogP contribution in [0.5, 0.6) is 0 Å². The van der Waals surface area contributed by atoms with E-state index >= 15 is 0 Å². The molecule has 24 heteroatoms. The number of aliphatic hydroxyl groups is 10. The maximum absolute atomic E-state index is 13.4. The molecule has 13 N–H and O–H groups in total. The van der Waals surface area contributed by atoms with Gasteiger partial charge in [0.15, 0.2) is 24.5 Å². The van der Waals surface area contributed by atoms with E-state index in [1.165, 1.54) is 0 Å². The average molecular weight is 872 g/mol. The second-order valence-electron chi connectivity index (χ2n) is 15.0. The zero-order valence-corrected chi connectivity index (χ0v) is 33.6. The fourth-order valence-electron chi connectivity index (χ4n) is 6.63. The van der Waals surface area contributed by atoms with Crippen molar-refractivity contribution in [2.75, 3.05) is 26.4 Å². The third-order valence-corrected chi connectivity index (χ3v) is 10.1. The Morgan fingerprint density at radius 2 is 0.900 bits per heavy atom. The van der Waals surface area contributed by atoms with Crippen LogP contribution in [0.15, 0.2) is 0 Å². The van der Waals surface area contributed by atoms with Crippen molar-refractivity contribution in [3.63, 3.8) is 0 Å². The number of hydrogen-bond acceptors (Lipinski definition) is 22. The van der Waals surface area contributed by atoms with E-state index in [1.807, 2.05) is 6.92 Å². The van der Waals surface area contributed by atoms with Crippen LogP contribution in [-0.4, -0.2) is 205 Å². The van der Waals surface area contributed by atoms with Crippen LogP contribution in [0.2, 0.25) is 0 Å². The van der Waals surface area contributed by atoms with Gasteiger partial charge in [0, 0.05) is 12.8 Å². The molecule has 3 aliphatic rings. The molecule has 60 heavy (non-hydrogen) atoms. The first-order chi connectivity index (χ1) is 28.3. The summed E-state index contributed by atoms with van der Waals surface area (Å²) in [4.78, 5) is 63.5. The molecule has 4 unspecified atom stereocenters. The molecule has 3 fully saturated rings. The summed E-state index contributed by atoms with van der Waals surface area (Å²) in [5.41, 5.74) is -3.14. The van der Waals surface area contributed by atoms with Gasteiger partial charge in [0.2, 0.25) is 11.8 Å². The Morgan fingerprint density at radius 1 is 0.533 bits per heavy atom. The maximum Gasteiger partial charge on any atom is 0.339 e. The van der Waals surface area contributed by atoms with E-state index in [0.717, 1.165) is 6.42 Å². The smallest absolute Gasteiger partial charge is 0.339 e. The van der Waals surface area contributed by atoms with E-state index in [2.05, 4.69) is 16.0 Å². The number of nitrogens with one attached hydrogen (secondary N) is 3. The number of unbranched alkanes of at least 4 members (excludes halogenated alkanes) is 1. The Hall–Kier alpha value is -3.21. The Kier molecular flexibility index (Phi) is 20.3. The predicted molar refractivity (Wildman–Crippen MR) is 196 cm³/mol. The Balaban J connectivity index is 1.70. The number of carbonyl (C=O) groups excluding carboxylic acids is 5. The Bertz CT molecular complexity index is 1340. The second-order valence-corrected chi connectivity index (χ2v) is 15.0. The van der Waals surface area contributed by atoms with Gasteiger partial charge in [-0.15, -0.1) is 0 Å². The zero-order chi connectivity index (χ0) is 44.9. The summed E-state index contributed by atoms with van der Waals surface area (Å²) in [5.74, 6) is -5.67. The van der Waals surface area contributed by atoms with Crippen molar-refractivity contribution in [1.29, 1.82) is 0 Å². The third-order valence-electron chi connectivity index (χ3n) is 10.1. The number of hydrogen-bond donors (Lipinski definition) is 13. The van der Waals surface area contributed by atoms with Gasteiger partial charge in [0.1, 0.15) is 86.8 Å². The maximum atomic E-state index is 13.4. The molecule has 0 spiro atoms. The molecule has 0 aromatic carbocycles. The molecule has 0 saturated carbocycles. The summed E-state index contributed by atoms with van der Waals surface area (Å²) in [5, 5.41) is 114. The lowest BCUT2D eigenvalue weighted by Crippen LogP contribution is -2.64. The van der Waals surface area contributed by atoms with Gasteiger partial charge in [-0.2, -0.15) is 0 Å². The summed E-state index contributed by atoms with van der Waals surface area (Å²) >= 11 is 0. The highest BCUT2D eigenvalue weighted by Gasteiger charge is 2.50. The van der Waals surface area contributed by atoms with Crippen LogP contribution in [-0.2, 0) is 52.4 Å². The van der Waals surface area contributed by atoms with Crippen molar-refractivity contribution < 1.29 is 103 Å². The molecule has 0 bridgehead atoms. The van der Waals surface area contributed by atoms with Crippen molar-refractivity contribution >= 4 is 29.7 Å². The fourth-order valence-corrected chi connectivity index (χ4v) is 6.63. The van der Waals surface area contributed by atoms with Crippen molar-refractivity contribution in [3.8, 4) is 0 Å². The van der Waals surface area contributed by atoms with Crippen LogP contribution in [0, 0.1) is 0 Å². The molecule has 0 aliphatic carbocycles. The van der Waals surface area contributed by atoms with Crippen molar-refractivity contribution in [2.24, 2.45) is 0 Å². The van der Waals surface area contributed by atoms with E-state index in [1.54, 1.807) is 13.8 Å². The number of carbonyl (C=O) groups is 5. The molecule has 0 radical (unpaired) electrons. The Morgan fingerprint density at radius 3 is 1.28 bits per heavy atom. The molecule has 0 aromatic rings. The minimum atomic E-state index is -3.14. The molecule has 3 aliphatic heterocycles. The minimum absolute atomic E-state index is 0.0459. The molecule has 3 rings (SSSR count). The number of esters is 3. The summed E-state index contributed by atoms with van der Waals surface area (Å²) in [6, 6.07) is -4.03. The van der Waals surface area contributed by atoms with Crippen LogP contribution in [0.4, 0.5) is 0 Å². The molecule has 346 valence electrons. The monoisotopic (exact) mass is 871 g/mol. The Labute approximate surface area is 345 Å². The van der Waals surface area contributed by atoms with Gasteiger partial charge < -0.3 is 95.4 Å². The summed E-state index contributed by atoms with van der Waals surface area (Å²) in [7, 11) is 0. The van der Waals surface area contributed by atoms with Gasteiger partial charge in [-0.25, -0.2) is 4.79 Å². The summed E-state index contributed by atoms with van der Waals surface area (Å²) in [6.07, 6.45) is -21.1. The molecule has 24 nitrogen and oxygen atoms in total. The summed E-state index contributed by atoms with van der Waals surface area (Å²) in [6.45, 7) is 2.96. The zero-order valence-electron chi connectivity index (χ0n) is 33.6. The highest BCUT2D eigenvalue weighted by Crippen LogP contribution is 2.26. The SMILES string of the molecule is CCCCN[C@H]1C(O)O[C@H](COC(=O)C(O)(CC(=O)OC[C@H]2OC(O)[C@@H](NC(=O)CCC)[C@@H](O)[C@@H]2O)CC(=O)OC[C@H]2OC(O)[C@H](NC(=O)CCC)[C@@H](O)[C@@H]2O)[C@@H](O)[C@@H]1O. The molecule has 3 saturated heterocycles. The minimum Gasteiger partial charge on any atom is -0.463 e. The summed E-state index contributed by atoms with van der Waals surface area (Å²) < 4.78 is 30.9. The predicted octanol–water partition coefficient (Wildman–Crippen LogP) is -6.23. The van der Waals surface area contributed by atoms with Crippen molar-refractivity contribution in [3.05, 3.63) is 0 Å². The lowest BCUT2D eigenvalue weighted by molar-refractivity contribution is -0.258. The van der Waals surface area contributed by atoms with Gasteiger partial charge in [-0.1, -0.05) is 27.2 Å². The topological polar surface area (TPSA) is 379 Å². The van der Waals surface area contributed by atoms with E-state index < -0.39 is 160 Å². The standard InChI is InChI=1S/C36H61N3O21/c1-4-7-10-37-23-29(47)26(44)18(58-32(23)50)15-57-35(53)36(54,11-21(42)55-13-16-27(45)30(48)24(33(51)59-16)38-19(40)8-5-2)12-22(43)56-14-17-28(46)31(49)25(34(52)60-17)39-20(41)9-6-3/h16-18,23-34,37,44-52,54H,4-15H2,1-3H3,(H,38,40)(H,39,41)/t16-,17-,18-,23-,24-,25+,26-,27-,28-,29-,30-,31-,32?,33?,34?,36?/m1/s1. The number of ether oxygens (including phenoxy) is 6. The second kappa shape index (κ2) is 23.9. The molecular weight excluding hydrogens is 810 g/mol. The molecular formula is C36H61N3O21. The molecule has 2 amide bonds. The quantitative estimate of drug-likeness (QED) is 0.0290. The van der Waals surface area contributed by atoms with E-state index in [9.17, 15) is 75.0 Å². The van der Waals surface area contributed by atoms with Crippen LogP contribution in [0.25, 0.3) is 0 Å². The van der Waals surface area contributed by atoms with Crippen molar-refractivity contribution in [2.45, 2.75) is 170 Å². The number of amides is 2. The first kappa shape index (κ1) is 51.1.